The van der Waals surface area contributed by atoms with Gasteiger partial charge >= 0.3 is 0 Å². The van der Waals surface area contributed by atoms with Gasteiger partial charge in [0, 0.05) is 35.2 Å². The lowest BCUT2D eigenvalue weighted by atomic mass is 10.0. The number of nitrogens with zero attached hydrogens (tertiary/aromatic N) is 1. The maximum atomic E-state index is 13.9. The maximum absolute atomic E-state index is 13.9. The smallest absolute Gasteiger partial charge is 0.130 e. The van der Waals surface area contributed by atoms with Crippen molar-refractivity contribution in [2.45, 2.75) is 12.6 Å². The van der Waals surface area contributed by atoms with Crippen LogP contribution in [0.5, 0.6) is 0 Å². The summed E-state index contributed by atoms with van der Waals surface area (Å²) in [6, 6.07) is 11.2. The minimum atomic E-state index is -0.581. The van der Waals surface area contributed by atoms with Crippen LogP contribution in [0.15, 0.2) is 46.9 Å². The highest BCUT2D eigenvalue weighted by atomic mass is 79.9. The molecule has 0 radical (unpaired) electrons. The average molecular weight is 355 g/mol. The van der Waals surface area contributed by atoms with Crippen molar-refractivity contribution in [1.82, 2.24) is 4.90 Å². The lowest BCUT2D eigenvalue weighted by Gasteiger charge is -2.27. The fourth-order valence-electron chi connectivity index (χ4n) is 2.30. The van der Waals surface area contributed by atoms with Crippen molar-refractivity contribution >= 4 is 15.9 Å². The molecule has 0 bridgehead atoms. The van der Waals surface area contributed by atoms with Crippen LogP contribution < -0.4 is 5.73 Å². The summed E-state index contributed by atoms with van der Waals surface area (Å²) in [7, 11) is 1.88. The van der Waals surface area contributed by atoms with E-state index in [1.165, 1.54) is 12.1 Å². The molecule has 0 heterocycles. The summed E-state index contributed by atoms with van der Waals surface area (Å²) in [6.07, 6.45) is 0. The van der Waals surface area contributed by atoms with E-state index in [1.807, 2.05) is 36.2 Å². The van der Waals surface area contributed by atoms with Gasteiger partial charge in [-0.15, -0.1) is 0 Å². The molecule has 0 spiro atoms. The van der Waals surface area contributed by atoms with E-state index in [9.17, 15) is 8.78 Å². The van der Waals surface area contributed by atoms with Gasteiger partial charge in [0.2, 0.25) is 0 Å². The SMILES string of the molecule is CN(Cc1ccc(Br)cc1)C(CN)c1ccc(F)cc1F. The van der Waals surface area contributed by atoms with Gasteiger partial charge in [-0.2, -0.15) is 0 Å². The number of hydrogen-bond acceptors (Lipinski definition) is 2. The predicted molar refractivity (Wildman–Crippen MR) is 83.8 cm³/mol. The van der Waals surface area contributed by atoms with Crippen LogP contribution in [0.1, 0.15) is 17.2 Å². The minimum absolute atomic E-state index is 0.260. The molecule has 1 unspecified atom stereocenters. The molecule has 2 aromatic rings. The summed E-state index contributed by atoms with van der Waals surface area (Å²) in [5.41, 5.74) is 7.29. The topological polar surface area (TPSA) is 29.3 Å². The Morgan fingerprint density at radius 2 is 1.81 bits per heavy atom. The molecule has 5 heteroatoms. The highest BCUT2D eigenvalue weighted by molar-refractivity contribution is 9.10. The summed E-state index contributed by atoms with van der Waals surface area (Å²) in [5, 5.41) is 0. The van der Waals surface area contributed by atoms with Crippen molar-refractivity contribution < 1.29 is 8.78 Å². The van der Waals surface area contributed by atoms with Gasteiger partial charge < -0.3 is 5.73 Å². The van der Waals surface area contributed by atoms with Crippen LogP contribution in [0, 0.1) is 11.6 Å². The molecule has 0 saturated heterocycles. The second-order valence-corrected chi connectivity index (χ2v) is 5.87. The molecule has 2 rings (SSSR count). The van der Waals surface area contributed by atoms with E-state index in [4.69, 9.17) is 5.73 Å². The van der Waals surface area contributed by atoms with Crippen molar-refractivity contribution in [2.75, 3.05) is 13.6 Å². The molecule has 0 fully saturated rings. The van der Waals surface area contributed by atoms with Crippen LogP contribution in [-0.2, 0) is 6.54 Å². The Hall–Kier alpha value is -1.30. The zero-order valence-electron chi connectivity index (χ0n) is 11.7. The van der Waals surface area contributed by atoms with E-state index in [1.54, 1.807) is 0 Å². The monoisotopic (exact) mass is 354 g/mol. The van der Waals surface area contributed by atoms with Gasteiger partial charge in [0.1, 0.15) is 11.6 Å². The normalized spacial score (nSPS) is 12.7. The van der Waals surface area contributed by atoms with E-state index in [0.29, 0.717) is 12.1 Å². The Labute approximate surface area is 131 Å². The molecule has 2 N–H and O–H groups in total. The van der Waals surface area contributed by atoms with E-state index in [0.717, 1.165) is 16.1 Å². The van der Waals surface area contributed by atoms with Gasteiger partial charge in [0.15, 0.2) is 0 Å². The molecule has 1 atom stereocenters. The third kappa shape index (κ3) is 4.09. The van der Waals surface area contributed by atoms with E-state index < -0.39 is 11.6 Å². The van der Waals surface area contributed by atoms with Gasteiger partial charge in [-0.05, 0) is 30.8 Å². The second-order valence-electron chi connectivity index (χ2n) is 4.96. The quantitative estimate of drug-likeness (QED) is 0.883. The lowest BCUT2D eigenvalue weighted by molar-refractivity contribution is 0.236. The van der Waals surface area contributed by atoms with Crippen LogP contribution >= 0.6 is 15.9 Å². The van der Waals surface area contributed by atoms with Crippen LogP contribution in [0.25, 0.3) is 0 Å². The number of benzene rings is 2. The Kier molecular flexibility index (Phi) is 5.45. The first kappa shape index (κ1) is 16.1. The first-order valence-corrected chi connectivity index (χ1v) is 7.40. The molecule has 0 aliphatic carbocycles. The average Bonchev–Trinajstić information content (AvgIpc) is 2.44. The Morgan fingerprint density at radius 3 is 2.38 bits per heavy atom. The molecule has 2 aromatic carbocycles. The number of likely N-dealkylation sites (N-methyl/N-ethyl adjacent to an activating group) is 1. The van der Waals surface area contributed by atoms with Gasteiger partial charge in [0.25, 0.3) is 0 Å². The van der Waals surface area contributed by atoms with Gasteiger partial charge in [-0.25, -0.2) is 8.78 Å². The Bertz CT molecular complexity index is 602. The molecule has 2 nitrogen and oxygen atoms in total. The molecule has 0 amide bonds. The number of rotatable bonds is 5. The molecule has 112 valence electrons. The van der Waals surface area contributed by atoms with E-state index in [-0.39, 0.29) is 12.6 Å². The van der Waals surface area contributed by atoms with Crippen LogP contribution in [0.3, 0.4) is 0 Å². The molecule has 0 aliphatic heterocycles. The predicted octanol–water partition coefficient (Wildman–Crippen LogP) is 3.86. The van der Waals surface area contributed by atoms with E-state index in [2.05, 4.69) is 15.9 Å². The van der Waals surface area contributed by atoms with Crippen molar-refractivity contribution in [3.63, 3.8) is 0 Å². The zero-order chi connectivity index (χ0) is 15.4. The van der Waals surface area contributed by atoms with Gasteiger partial charge in [-0.3, -0.25) is 4.90 Å². The highest BCUT2D eigenvalue weighted by Crippen LogP contribution is 2.24. The van der Waals surface area contributed by atoms with Crippen LogP contribution in [0.4, 0.5) is 8.78 Å². The van der Waals surface area contributed by atoms with Crippen LogP contribution in [0.2, 0.25) is 0 Å². The van der Waals surface area contributed by atoms with Crippen molar-refractivity contribution in [1.29, 1.82) is 0 Å². The summed E-state index contributed by atoms with van der Waals surface area (Å²) < 4.78 is 27.9. The van der Waals surface area contributed by atoms with Crippen molar-refractivity contribution in [3.05, 3.63) is 69.7 Å². The fraction of sp³-hybridized carbons (Fsp3) is 0.250. The summed E-state index contributed by atoms with van der Waals surface area (Å²) in [4.78, 5) is 1.96. The Morgan fingerprint density at radius 1 is 1.14 bits per heavy atom. The lowest BCUT2D eigenvalue weighted by Crippen LogP contribution is -2.30. The molecule has 0 aromatic heterocycles. The minimum Gasteiger partial charge on any atom is -0.329 e. The molecule has 0 saturated carbocycles. The largest absolute Gasteiger partial charge is 0.329 e. The molecular weight excluding hydrogens is 338 g/mol. The summed E-state index contributed by atoms with van der Waals surface area (Å²) in [5.74, 6) is -1.14. The highest BCUT2D eigenvalue weighted by Gasteiger charge is 2.19. The van der Waals surface area contributed by atoms with Crippen molar-refractivity contribution in [2.24, 2.45) is 5.73 Å². The maximum Gasteiger partial charge on any atom is 0.130 e. The fourth-order valence-corrected chi connectivity index (χ4v) is 2.57. The van der Waals surface area contributed by atoms with Crippen molar-refractivity contribution in [3.8, 4) is 0 Å². The van der Waals surface area contributed by atoms with E-state index >= 15 is 0 Å². The summed E-state index contributed by atoms with van der Waals surface area (Å²) in [6.45, 7) is 0.890. The second kappa shape index (κ2) is 7.11. The standard InChI is InChI=1S/C16H17BrF2N2/c1-21(10-11-2-4-12(17)5-3-11)16(9-20)14-7-6-13(18)8-15(14)19/h2-8,16H,9-10,20H2,1H3. The van der Waals surface area contributed by atoms with Gasteiger partial charge in [-0.1, -0.05) is 34.1 Å². The number of nitrogens with two attached hydrogens (primary N) is 1. The van der Waals surface area contributed by atoms with Crippen LogP contribution in [-0.4, -0.2) is 18.5 Å². The molecular formula is C16H17BrF2N2. The Balaban J connectivity index is 2.18. The number of hydrogen-bond donors (Lipinski definition) is 1. The number of halogens is 3. The summed E-state index contributed by atoms with van der Waals surface area (Å²) >= 11 is 3.39. The first-order valence-electron chi connectivity index (χ1n) is 6.61. The molecule has 21 heavy (non-hydrogen) atoms. The molecule has 0 aliphatic rings. The van der Waals surface area contributed by atoms with Gasteiger partial charge in [0.05, 0.1) is 0 Å². The third-order valence-electron chi connectivity index (χ3n) is 3.42. The zero-order valence-corrected chi connectivity index (χ0v) is 13.3. The first-order chi connectivity index (χ1) is 10.0. The third-order valence-corrected chi connectivity index (χ3v) is 3.95.